The zero-order valence-electron chi connectivity index (χ0n) is 8.68. The highest BCUT2D eigenvalue weighted by atomic mass is 79.9. The average molecular weight is 280 g/mol. The van der Waals surface area contributed by atoms with Crippen LogP contribution >= 0.6 is 15.9 Å². The Kier molecular flexibility index (Phi) is 3.10. The van der Waals surface area contributed by atoms with Crippen LogP contribution in [-0.4, -0.2) is 13.0 Å². The topological polar surface area (TPSA) is 33.5 Å². The smallest absolute Gasteiger partial charge is 0.262 e. The van der Waals surface area contributed by atoms with E-state index in [1.54, 1.807) is 18.0 Å². The van der Waals surface area contributed by atoms with Gasteiger partial charge >= 0.3 is 0 Å². The van der Waals surface area contributed by atoms with Crippen molar-refractivity contribution in [3.05, 3.63) is 52.9 Å². The third kappa shape index (κ3) is 2.02. The number of amides is 1. The van der Waals surface area contributed by atoms with Crippen LogP contribution in [-0.2, 0) is 0 Å². The highest BCUT2D eigenvalue weighted by Crippen LogP contribution is 2.21. The molecular weight excluding hydrogens is 270 g/mol. The van der Waals surface area contributed by atoms with Gasteiger partial charge < -0.3 is 9.32 Å². The van der Waals surface area contributed by atoms with Crippen molar-refractivity contribution in [3.63, 3.8) is 0 Å². The van der Waals surface area contributed by atoms with Crippen molar-refractivity contribution in [2.75, 3.05) is 11.9 Å². The minimum atomic E-state index is -0.105. The number of carbonyl (C=O) groups is 1. The molecule has 0 aliphatic rings. The summed E-state index contributed by atoms with van der Waals surface area (Å²) in [5.74, 6) is -0.105. The van der Waals surface area contributed by atoms with Crippen LogP contribution in [0.3, 0.4) is 0 Å². The molecule has 0 spiro atoms. The van der Waals surface area contributed by atoms with E-state index in [-0.39, 0.29) is 5.91 Å². The lowest BCUT2D eigenvalue weighted by molar-refractivity contribution is 0.0991. The molecule has 1 aromatic carbocycles. The first-order valence-electron chi connectivity index (χ1n) is 4.76. The Morgan fingerprint density at radius 2 is 1.94 bits per heavy atom. The van der Waals surface area contributed by atoms with Crippen LogP contribution in [0.4, 0.5) is 5.69 Å². The summed E-state index contributed by atoms with van der Waals surface area (Å²) in [6.45, 7) is 0. The summed E-state index contributed by atoms with van der Waals surface area (Å²) in [6.07, 6.45) is 1.48. The van der Waals surface area contributed by atoms with E-state index in [2.05, 4.69) is 15.9 Å². The van der Waals surface area contributed by atoms with Gasteiger partial charge in [0.05, 0.1) is 11.8 Å². The molecule has 0 aliphatic carbocycles. The number of hydrogen-bond acceptors (Lipinski definition) is 2. The number of carbonyl (C=O) groups excluding carboxylic acids is 1. The second-order valence-electron chi connectivity index (χ2n) is 3.31. The van der Waals surface area contributed by atoms with Gasteiger partial charge in [-0.15, -0.1) is 0 Å². The summed E-state index contributed by atoms with van der Waals surface area (Å²) < 4.78 is 5.50. The Balaban J connectivity index is 2.27. The molecule has 0 aliphatic heterocycles. The fourth-order valence-corrected chi connectivity index (χ4v) is 1.81. The first-order chi connectivity index (χ1) is 7.70. The molecule has 0 atom stereocenters. The highest BCUT2D eigenvalue weighted by molar-refractivity contribution is 9.10. The molecule has 1 aromatic heterocycles. The molecule has 82 valence electrons. The van der Waals surface area contributed by atoms with E-state index in [0.29, 0.717) is 10.2 Å². The second kappa shape index (κ2) is 4.53. The summed E-state index contributed by atoms with van der Waals surface area (Å²) in [5.41, 5.74) is 1.37. The number of furan rings is 1. The van der Waals surface area contributed by atoms with Crippen LogP contribution in [0.1, 0.15) is 10.4 Å². The Morgan fingerprint density at radius 1 is 1.25 bits per heavy atom. The molecule has 0 unspecified atom stereocenters. The lowest BCUT2D eigenvalue weighted by Gasteiger charge is -2.16. The Morgan fingerprint density at radius 3 is 2.50 bits per heavy atom. The van der Waals surface area contributed by atoms with Gasteiger partial charge in [0.1, 0.15) is 0 Å². The van der Waals surface area contributed by atoms with Crippen molar-refractivity contribution < 1.29 is 9.21 Å². The van der Waals surface area contributed by atoms with Gasteiger partial charge in [0, 0.05) is 12.7 Å². The van der Waals surface area contributed by atoms with Gasteiger partial charge in [-0.2, -0.15) is 0 Å². The normalized spacial score (nSPS) is 10.1. The van der Waals surface area contributed by atoms with E-state index in [1.807, 2.05) is 30.3 Å². The molecule has 3 nitrogen and oxygen atoms in total. The molecular formula is C12H10BrNO2. The summed E-state index contributed by atoms with van der Waals surface area (Å²) >= 11 is 3.19. The van der Waals surface area contributed by atoms with Crippen molar-refractivity contribution in [2.45, 2.75) is 0 Å². The molecule has 0 saturated carbocycles. The van der Waals surface area contributed by atoms with E-state index in [0.717, 1.165) is 5.69 Å². The lowest BCUT2D eigenvalue weighted by atomic mass is 10.2. The average Bonchev–Trinajstić information content (AvgIpc) is 2.75. The highest BCUT2D eigenvalue weighted by Gasteiger charge is 2.17. The minimum absolute atomic E-state index is 0.105. The molecule has 0 saturated heterocycles. The van der Waals surface area contributed by atoms with Gasteiger partial charge in [-0.05, 0) is 34.1 Å². The maximum Gasteiger partial charge on any atom is 0.262 e. The number of benzene rings is 1. The molecule has 0 fully saturated rings. The molecule has 0 radical (unpaired) electrons. The largest absolute Gasteiger partial charge is 0.457 e. The van der Waals surface area contributed by atoms with E-state index in [9.17, 15) is 4.79 Å². The Bertz CT molecular complexity index is 493. The summed E-state index contributed by atoms with van der Waals surface area (Å²) in [4.78, 5) is 13.6. The Hall–Kier alpha value is -1.55. The number of anilines is 1. The van der Waals surface area contributed by atoms with Crippen molar-refractivity contribution in [1.82, 2.24) is 0 Å². The fraction of sp³-hybridized carbons (Fsp3) is 0.0833. The SMILES string of the molecule is CN(C(=O)c1ccoc1Br)c1ccccc1. The van der Waals surface area contributed by atoms with Crippen LogP contribution in [0.25, 0.3) is 0 Å². The molecule has 1 heterocycles. The predicted molar refractivity (Wildman–Crippen MR) is 65.6 cm³/mol. The molecule has 2 rings (SSSR count). The van der Waals surface area contributed by atoms with Crippen molar-refractivity contribution >= 4 is 27.5 Å². The third-order valence-electron chi connectivity index (χ3n) is 2.30. The molecule has 1 amide bonds. The first kappa shape index (κ1) is 11.0. The van der Waals surface area contributed by atoms with Crippen molar-refractivity contribution in [2.24, 2.45) is 0 Å². The summed E-state index contributed by atoms with van der Waals surface area (Å²) in [5, 5.41) is 0. The van der Waals surface area contributed by atoms with E-state index < -0.39 is 0 Å². The van der Waals surface area contributed by atoms with Gasteiger partial charge in [0.15, 0.2) is 4.67 Å². The standard InChI is InChI=1S/C12H10BrNO2/c1-14(9-5-3-2-4-6-9)12(15)10-7-8-16-11(10)13/h2-8H,1H3. The van der Waals surface area contributed by atoms with E-state index in [4.69, 9.17) is 4.42 Å². The van der Waals surface area contributed by atoms with Gasteiger partial charge in [0.25, 0.3) is 5.91 Å². The number of para-hydroxylation sites is 1. The maximum atomic E-state index is 12.1. The maximum absolute atomic E-state index is 12.1. The molecule has 4 heteroatoms. The second-order valence-corrected chi connectivity index (χ2v) is 4.03. The molecule has 2 aromatic rings. The quantitative estimate of drug-likeness (QED) is 0.845. The minimum Gasteiger partial charge on any atom is -0.457 e. The fourth-order valence-electron chi connectivity index (χ4n) is 1.40. The molecule has 16 heavy (non-hydrogen) atoms. The zero-order chi connectivity index (χ0) is 11.5. The van der Waals surface area contributed by atoms with Crippen molar-refractivity contribution in [3.8, 4) is 0 Å². The number of rotatable bonds is 2. The zero-order valence-corrected chi connectivity index (χ0v) is 10.3. The molecule has 0 bridgehead atoms. The van der Waals surface area contributed by atoms with Crippen LogP contribution in [0, 0.1) is 0 Å². The Labute approximate surface area is 102 Å². The van der Waals surface area contributed by atoms with Crippen LogP contribution < -0.4 is 4.90 Å². The van der Waals surface area contributed by atoms with Crippen molar-refractivity contribution in [1.29, 1.82) is 0 Å². The third-order valence-corrected chi connectivity index (χ3v) is 2.91. The van der Waals surface area contributed by atoms with E-state index in [1.165, 1.54) is 6.26 Å². The summed E-state index contributed by atoms with van der Waals surface area (Å²) in [7, 11) is 1.73. The lowest BCUT2D eigenvalue weighted by Crippen LogP contribution is -2.25. The summed E-state index contributed by atoms with van der Waals surface area (Å²) in [6, 6.07) is 11.1. The number of hydrogen-bond donors (Lipinski definition) is 0. The van der Waals surface area contributed by atoms with Gasteiger partial charge in [-0.25, -0.2) is 0 Å². The number of halogens is 1. The van der Waals surface area contributed by atoms with Gasteiger partial charge in [-0.3, -0.25) is 4.79 Å². The predicted octanol–water partition coefficient (Wildman–Crippen LogP) is 3.32. The van der Waals surface area contributed by atoms with Gasteiger partial charge in [0.2, 0.25) is 0 Å². The monoisotopic (exact) mass is 279 g/mol. The van der Waals surface area contributed by atoms with Gasteiger partial charge in [-0.1, -0.05) is 18.2 Å². The molecule has 0 N–H and O–H groups in total. The van der Waals surface area contributed by atoms with E-state index >= 15 is 0 Å². The number of nitrogens with zero attached hydrogens (tertiary/aromatic N) is 1. The van der Waals surface area contributed by atoms with Crippen LogP contribution in [0.15, 0.2) is 51.7 Å². The first-order valence-corrected chi connectivity index (χ1v) is 5.55. The van der Waals surface area contributed by atoms with Crippen LogP contribution in [0.5, 0.6) is 0 Å². The van der Waals surface area contributed by atoms with Crippen LogP contribution in [0.2, 0.25) is 0 Å².